The minimum Gasteiger partial charge on any atom is -0.489 e. The van der Waals surface area contributed by atoms with Crippen LogP contribution in [-0.4, -0.2) is 10.9 Å². The summed E-state index contributed by atoms with van der Waals surface area (Å²) in [6, 6.07) is 14.4. The van der Waals surface area contributed by atoms with Crippen LogP contribution in [0, 0.1) is 11.6 Å². The van der Waals surface area contributed by atoms with Gasteiger partial charge in [-0.25, -0.2) is 13.8 Å². The molecule has 4 rings (SSSR count). The number of amides is 1. The second kappa shape index (κ2) is 8.87. The maximum absolute atomic E-state index is 13.3. The fraction of sp³-hybridized carbons (Fsp3) is 0.0909. The Balaban J connectivity index is 1.35. The summed E-state index contributed by atoms with van der Waals surface area (Å²) in [5.41, 5.74) is 1.70. The van der Waals surface area contributed by atoms with Gasteiger partial charge >= 0.3 is 0 Å². The topological polar surface area (TPSA) is 64.4 Å². The van der Waals surface area contributed by atoms with Gasteiger partial charge in [0.15, 0.2) is 11.6 Å². The molecule has 0 fully saturated rings. The highest BCUT2D eigenvalue weighted by Gasteiger charge is 2.12. The number of hydrogen-bond donors (Lipinski definition) is 1. The molecule has 0 saturated heterocycles. The van der Waals surface area contributed by atoms with Gasteiger partial charge in [-0.05, 0) is 54.1 Å². The van der Waals surface area contributed by atoms with Gasteiger partial charge in [0.2, 0.25) is 0 Å². The molecular formula is C22H16F2N2O3S. The standard InChI is InChI=1S/C22H16F2N2O3S/c23-18-8-3-14(10-19(18)24)12-29-16-6-4-15(5-7-16)22-26-20(13-30-22)21(27)25-11-17-2-1-9-28-17/h1-10,13H,11-12H2,(H,25,27). The molecule has 2 aromatic carbocycles. The zero-order valence-electron chi connectivity index (χ0n) is 15.6. The van der Waals surface area contributed by atoms with Crippen LogP contribution in [0.1, 0.15) is 21.8 Å². The van der Waals surface area contributed by atoms with Gasteiger partial charge in [0.1, 0.15) is 28.8 Å². The summed E-state index contributed by atoms with van der Waals surface area (Å²) in [5.74, 6) is -0.825. The molecule has 4 aromatic rings. The summed E-state index contributed by atoms with van der Waals surface area (Å²) in [6.07, 6.45) is 1.55. The highest BCUT2D eigenvalue weighted by Crippen LogP contribution is 2.26. The van der Waals surface area contributed by atoms with E-state index in [1.54, 1.807) is 35.9 Å². The van der Waals surface area contributed by atoms with Crippen LogP contribution in [0.4, 0.5) is 8.78 Å². The number of benzene rings is 2. The number of nitrogens with zero attached hydrogens (tertiary/aromatic N) is 1. The Bertz CT molecular complexity index is 1140. The molecule has 0 aliphatic heterocycles. The summed E-state index contributed by atoms with van der Waals surface area (Å²) in [7, 11) is 0. The van der Waals surface area contributed by atoms with Crippen molar-refractivity contribution in [3.05, 3.63) is 94.9 Å². The van der Waals surface area contributed by atoms with E-state index in [1.165, 1.54) is 17.4 Å². The molecule has 8 heteroatoms. The fourth-order valence-electron chi connectivity index (χ4n) is 2.67. The Morgan fingerprint density at radius 3 is 2.67 bits per heavy atom. The number of furan rings is 1. The fourth-order valence-corrected chi connectivity index (χ4v) is 3.48. The van der Waals surface area contributed by atoms with Crippen molar-refractivity contribution in [2.75, 3.05) is 0 Å². The lowest BCUT2D eigenvalue weighted by Crippen LogP contribution is -2.22. The van der Waals surface area contributed by atoms with E-state index in [4.69, 9.17) is 9.15 Å². The molecular weight excluding hydrogens is 410 g/mol. The molecule has 0 aliphatic rings. The van der Waals surface area contributed by atoms with Gasteiger partial charge in [-0.2, -0.15) is 0 Å². The molecule has 152 valence electrons. The average Bonchev–Trinajstić information content (AvgIpc) is 3.46. The molecule has 5 nitrogen and oxygen atoms in total. The zero-order chi connectivity index (χ0) is 20.9. The van der Waals surface area contributed by atoms with E-state index in [0.29, 0.717) is 34.3 Å². The lowest BCUT2D eigenvalue weighted by atomic mass is 10.2. The maximum atomic E-state index is 13.3. The lowest BCUT2D eigenvalue weighted by molar-refractivity contribution is 0.0944. The first-order chi connectivity index (χ1) is 14.6. The predicted molar refractivity (Wildman–Crippen MR) is 108 cm³/mol. The number of ether oxygens (including phenoxy) is 1. The third-order valence-corrected chi connectivity index (χ3v) is 5.12. The Hall–Kier alpha value is -3.52. The molecule has 0 spiro atoms. The Labute approximate surface area is 175 Å². The van der Waals surface area contributed by atoms with Crippen LogP contribution in [0.25, 0.3) is 10.6 Å². The summed E-state index contributed by atoms with van der Waals surface area (Å²) in [6.45, 7) is 0.413. The first-order valence-electron chi connectivity index (χ1n) is 9.02. The van der Waals surface area contributed by atoms with Gasteiger partial charge in [-0.15, -0.1) is 11.3 Å². The summed E-state index contributed by atoms with van der Waals surface area (Å²) < 4.78 is 37.0. The van der Waals surface area contributed by atoms with Crippen molar-refractivity contribution in [1.82, 2.24) is 10.3 Å². The third-order valence-electron chi connectivity index (χ3n) is 4.23. The van der Waals surface area contributed by atoms with Crippen LogP contribution < -0.4 is 10.1 Å². The van der Waals surface area contributed by atoms with Crippen LogP contribution in [0.5, 0.6) is 5.75 Å². The van der Waals surface area contributed by atoms with Crippen molar-refractivity contribution < 1.29 is 22.7 Å². The molecule has 0 saturated carbocycles. The van der Waals surface area contributed by atoms with Crippen molar-refractivity contribution in [1.29, 1.82) is 0 Å². The highest BCUT2D eigenvalue weighted by atomic mass is 32.1. The molecule has 1 amide bonds. The first-order valence-corrected chi connectivity index (χ1v) is 9.90. The molecule has 0 aliphatic carbocycles. The number of thiazole rings is 1. The lowest BCUT2D eigenvalue weighted by Gasteiger charge is -2.07. The summed E-state index contributed by atoms with van der Waals surface area (Å²) in [4.78, 5) is 16.6. The number of rotatable bonds is 7. The van der Waals surface area contributed by atoms with E-state index < -0.39 is 11.6 Å². The monoisotopic (exact) mass is 426 g/mol. The largest absolute Gasteiger partial charge is 0.489 e. The van der Waals surface area contributed by atoms with E-state index in [1.807, 2.05) is 12.1 Å². The van der Waals surface area contributed by atoms with E-state index in [0.717, 1.165) is 17.7 Å². The highest BCUT2D eigenvalue weighted by molar-refractivity contribution is 7.13. The number of hydrogen-bond acceptors (Lipinski definition) is 5. The minimum absolute atomic E-state index is 0.119. The number of carbonyl (C=O) groups is 1. The number of carbonyl (C=O) groups excluding carboxylic acids is 1. The van der Waals surface area contributed by atoms with Crippen molar-refractivity contribution >= 4 is 17.2 Å². The molecule has 2 aromatic heterocycles. The number of halogens is 2. The maximum Gasteiger partial charge on any atom is 0.271 e. The third kappa shape index (κ3) is 4.72. The van der Waals surface area contributed by atoms with Crippen molar-refractivity contribution in [2.45, 2.75) is 13.2 Å². The van der Waals surface area contributed by atoms with E-state index in [2.05, 4.69) is 10.3 Å². The normalized spacial score (nSPS) is 10.7. The zero-order valence-corrected chi connectivity index (χ0v) is 16.4. The molecule has 0 bridgehead atoms. The average molecular weight is 426 g/mol. The van der Waals surface area contributed by atoms with E-state index >= 15 is 0 Å². The van der Waals surface area contributed by atoms with Gasteiger partial charge in [-0.1, -0.05) is 6.07 Å². The molecule has 0 atom stereocenters. The van der Waals surface area contributed by atoms with Gasteiger partial charge in [-0.3, -0.25) is 4.79 Å². The summed E-state index contributed by atoms with van der Waals surface area (Å²) in [5, 5.41) is 5.15. The molecule has 1 N–H and O–H groups in total. The van der Waals surface area contributed by atoms with Gasteiger partial charge in [0.05, 0.1) is 12.8 Å². The SMILES string of the molecule is O=C(NCc1ccco1)c1csc(-c2ccc(OCc3ccc(F)c(F)c3)cc2)n1. The van der Waals surface area contributed by atoms with Crippen molar-refractivity contribution in [3.8, 4) is 16.3 Å². The Kier molecular flexibility index (Phi) is 5.85. The van der Waals surface area contributed by atoms with Crippen LogP contribution in [0.3, 0.4) is 0 Å². The number of aromatic nitrogens is 1. The van der Waals surface area contributed by atoms with Gasteiger partial charge in [0, 0.05) is 10.9 Å². The second-order valence-corrected chi connectivity index (χ2v) is 7.22. The minimum atomic E-state index is -0.904. The van der Waals surface area contributed by atoms with Crippen LogP contribution >= 0.6 is 11.3 Å². The van der Waals surface area contributed by atoms with Crippen LogP contribution in [0.2, 0.25) is 0 Å². The number of nitrogens with one attached hydrogen (secondary N) is 1. The smallest absolute Gasteiger partial charge is 0.271 e. The van der Waals surface area contributed by atoms with Crippen molar-refractivity contribution in [2.24, 2.45) is 0 Å². The summed E-state index contributed by atoms with van der Waals surface area (Å²) >= 11 is 1.36. The Morgan fingerprint density at radius 2 is 1.93 bits per heavy atom. The van der Waals surface area contributed by atoms with Crippen LogP contribution in [0.15, 0.2) is 70.7 Å². The van der Waals surface area contributed by atoms with Crippen LogP contribution in [-0.2, 0) is 13.2 Å². The second-order valence-electron chi connectivity index (χ2n) is 6.36. The van der Waals surface area contributed by atoms with Gasteiger partial charge in [0.25, 0.3) is 5.91 Å². The quantitative estimate of drug-likeness (QED) is 0.442. The molecule has 2 heterocycles. The first kappa shape index (κ1) is 19.8. The predicted octanol–water partition coefficient (Wildman–Crippen LogP) is 5.19. The molecule has 0 unspecified atom stereocenters. The van der Waals surface area contributed by atoms with Crippen molar-refractivity contribution in [3.63, 3.8) is 0 Å². The molecule has 0 radical (unpaired) electrons. The van der Waals surface area contributed by atoms with E-state index in [-0.39, 0.29) is 12.5 Å². The Morgan fingerprint density at radius 1 is 1.10 bits per heavy atom. The van der Waals surface area contributed by atoms with Gasteiger partial charge < -0.3 is 14.5 Å². The van der Waals surface area contributed by atoms with E-state index in [9.17, 15) is 13.6 Å². The molecule has 30 heavy (non-hydrogen) atoms.